The molecule has 0 unspecified atom stereocenters. The highest BCUT2D eigenvalue weighted by molar-refractivity contribution is 6.00. The largest absolute Gasteiger partial charge is 0.481 e. The first-order chi connectivity index (χ1) is 21.8. The molecule has 0 heterocycles. The van der Waals surface area contributed by atoms with Crippen molar-refractivity contribution in [3.05, 3.63) is 70.3 Å². The number of nitrogens with zero attached hydrogens (tertiary/aromatic N) is 1. The molecule has 0 spiro atoms. The normalized spacial score (nSPS) is 12.9. The van der Waals surface area contributed by atoms with Crippen LogP contribution in [-0.2, 0) is 19.2 Å². The summed E-state index contributed by atoms with van der Waals surface area (Å²) >= 11 is 0. The number of anilines is 1. The molecular formula is C30H41ClN8O8. The number of benzene rings is 2. The second kappa shape index (κ2) is 20.0. The fourth-order valence-corrected chi connectivity index (χ4v) is 4.28. The number of nitrogens with one attached hydrogen (secondary N) is 6. The van der Waals surface area contributed by atoms with E-state index in [0.717, 1.165) is 0 Å². The van der Waals surface area contributed by atoms with Crippen molar-refractivity contribution < 1.29 is 34.0 Å². The number of carbonyl (C=O) groups is 5. The van der Waals surface area contributed by atoms with E-state index < -0.39 is 59.1 Å². The van der Waals surface area contributed by atoms with E-state index in [1.54, 1.807) is 37.3 Å². The van der Waals surface area contributed by atoms with Gasteiger partial charge < -0.3 is 37.4 Å². The molecule has 0 saturated carbocycles. The van der Waals surface area contributed by atoms with Gasteiger partial charge in [-0.05, 0) is 49.4 Å². The van der Waals surface area contributed by atoms with Gasteiger partial charge in [-0.15, -0.1) is 12.4 Å². The Kier molecular flexibility index (Phi) is 16.9. The molecule has 47 heavy (non-hydrogen) atoms. The Balaban J connectivity index is 0.0000110. The van der Waals surface area contributed by atoms with Crippen molar-refractivity contribution in [3.63, 3.8) is 0 Å². The minimum Gasteiger partial charge on any atom is -0.481 e. The first-order valence-electron chi connectivity index (χ1n) is 14.6. The van der Waals surface area contributed by atoms with Crippen LogP contribution in [0.5, 0.6) is 0 Å². The lowest BCUT2D eigenvalue weighted by atomic mass is 9.97. The van der Waals surface area contributed by atoms with E-state index in [1.807, 2.05) is 6.92 Å². The number of nitro groups is 1. The molecule has 2 rings (SSSR count). The van der Waals surface area contributed by atoms with Crippen molar-refractivity contribution in [2.45, 2.75) is 64.1 Å². The van der Waals surface area contributed by atoms with Crippen molar-refractivity contribution in [2.75, 3.05) is 11.9 Å². The number of carboxylic acids is 1. The summed E-state index contributed by atoms with van der Waals surface area (Å²) in [6, 6.07) is 9.64. The molecule has 2 aromatic carbocycles. The van der Waals surface area contributed by atoms with Crippen LogP contribution in [-0.4, -0.2) is 70.3 Å². The van der Waals surface area contributed by atoms with Gasteiger partial charge in [-0.1, -0.05) is 38.5 Å². The quantitative estimate of drug-likeness (QED) is 0.0374. The Bertz CT molecular complexity index is 1390. The zero-order chi connectivity index (χ0) is 34.2. The van der Waals surface area contributed by atoms with Gasteiger partial charge >= 0.3 is 5.97 Å². The fourth-order valence-electron chi connectivity index (χ4n) is 4.28. The maximum Gasteiger partial charge on any atom is 0.303 e. The summed E-state index contributed by atoms with van der Waals surface area (Å²) in [6.45, 7) is 3.77. The molecule has 256 valence electrons. The predicted molar refractivity (Wildman–Crippen MR) is 176 cm³/mol. The van der Waals surface area contributed by atoms with Crippen LogP contribution in [0.25, 0.3) is 0 Å². The van der Waals surface area contributed by atoms with E-state index in [0.29, 0.717) is 12.0 Å². The minimum atomic E-state index is -1.38. The number of nitro benzene ring substituents is 1. The summed E-state index contributed by atoms with van der Waals surface area (Å²) in [4.78, 5) is 74.8. The summed E-state index contributed by atoms with van der Waals surface area (Å²) < 4.78 is 0. The molecule has 0 radical (unpaired) electrons. The molecule has 16 nitrogen and oxygen atoms in total. The maximum atomic E-state index is 13.5. The van der Waals surface area contributed by atoms with E-state index >= 15 is 0 Å². The Morgan fingerprint density at radius 2 is 1.51 bits per heavy atom. The van der Waals surface area contributed by atoms with Crippen LogP contribution in [0.4, 0.5) is 11.4 Å². The highest BCUT2D eigenvalue weighted by atomic mass is 35.5. The van der Waals surface area contributed by atoms with Gasteiger partial charge in [0.2, 0.25) is 17.7 Å². The van der Waals surface area contributed by atoms with Gasteiger partial charge in [0.05, 0.1) is 4.92 Å². The first-order valence-corrected chi connectivity index (χ1v) is 14.6. The predicted octanol–water partition coefficient (Wildman–Crippen LogP) is 1.90. The van der Waals surface area contributed by atoms with E-state index in [-0.39, 0.29) is 61.5 Å². The summed E-state index contributed by atoms with van der Waals surface area (Å²) in [5, 5.41) is 40.5. The lowest BCUT2D eigenvalue weighted by Gasteiger charge is -2.27. The molecule has 0 aromatic heterocycles. The number of hydrogen-bond donors (Lipinski definition) is 8. The second-order valence-electron chi connectivity index (χ2n) is 10.5. The summed E-state index contributed by atoms with van der Waals surface area (Å²) in [5.74, 6) is -4.59. The topological polar surface area (TPSA) is 259 Å². The van der Waals surface area contributed by atoms with Gasteiger partial charge in [0.1, 0.15) is 18.1 Å². The number of carboxylic acid groups (broad SMARTS) is 1. The van der Waals surface area contributed by atoms with Crippen LogP contribution in [0, 0.1) is 21.4 Å². The lowest BCUT2D eigenvalue weighted by molar-refractivity contribution is -0.384. The molecule has 4 atom stereocenters. The molecule has 0 fully saturated rings. The Morgan fingerprint density at radius 1 is 0.915 bits per heavy atom. The molecule has 17 heteroatoms. The summed E-state index contributed by atoms with van der Waals surface area (Å²) in [5.41, 5.74) is 5.66. The number of aliphatic carboxylic acids is 1. The van der Waals surface area contributed by atoms with Gasteiger partial charge in [-0.25, -0.2) is 0 Å². The van der Waals surface area contributed by atoms with Crippen LogP contribution < -0.4 is 32.3 Å². The molecule has 9 N–H and O–H groups in total. The van der Waals surface area contributed by atoms with Crippen LogP contribution in [0.1, 0.15) is 56.3 Å². The van der Waals surface area contributed by atoms with Crippen molar-refractivity contribution in [1.29, 1.82) is 5.41 Å². The number of amides is 4. The van der Waals surface area contributed by atoms with Crippen molar-refractivity contribution in [1.82, 2.24) is 21.3 Å². The van der Waals surface area contributed by atoms with E-state index in [2.05, 4.69) is 26.6 Å². The van der Waals surface area contributed by atoms with E-state index in [9.17, 15) is 39.2 Å². The fraction of sp³-hybridized carbons (Fsp3) is 0.400. The number of non-ortho nitro benzene ring substituents is 1. The Labute approximate surface area is 277 Å². The van der Waals surface area contributed by atoms with Gasteiger partial charge in [0.15, 0.2) is 5.96 Å². The molecule has 0 aliphatic carbocycles. The van der Waals surface area contributed by atoms with Gasteiger partial charge in [0.25, 0.3) is 11.6 Å². The third kappa shape index (κ3) is 13.7. The number of rotatable bonds is 18. The Hall–Kier alpha value is -5.25. The monoisotopic (exact) mass is 676 g/mol. The smallest absolute Gasteiger partial charge is 0.303 e. The number of halogens is 1. The molecule has 0 aliphatic rings. The average molecular weight is 677 g/mol. The van der Waals surface area contributed by atoms with E-state index in [4.69, 9.17) is 11.1 Å². The van der Waals surface area contributed by atoms with Gasteiger partial charge in [0, 0.05) is 36.3 Å². The molecular weight excluding hydrogens is 636 g/mol. The minimum absolute atomic E-state index is 0. The average Bonchev–Trinajstić information content (AvgIpc) is 3.02. The first kappa shape index (κ1) is 39.8. The third-order valence-electron chi connectivity index (χ3n) is 7.06. The zero-order valence-corrected chi connectivity index (χ0v) is 26.8. The van der Waals surface area contributed by atoms with Crippen molar-refractivity contribution in [3.8, 4) is 0 Å². The number of guanidine groups is 1. The maximum absolute atomic E-state index is 13.5. The SMILES string of the molecule is CC[C@H](C)[C@H](NC(=O)c1ccccc1)C(=O)N[C@@H](CCC(=O)O)C(=O)N[C@@H](CCCNC(=N)N)C(=O)Nc1ccc([N+](=O)[O-])cc1.Cl. The van der Waals surface area contributed by atoms with Crippen molar-refractivity contribution in [2.24, 2.45) is 11.7 Å². The zero-order valence-electron chi connectivity index (χ0n) is 26.0. The lowest BCUT2D eigenvalue weighted by Crippen LogP contribution is -2.57. The molecule has 0 saturated heterocycles. The number of carbonyl (C=O) groups excluding carboxylic acids is 4. The molecule has 4 amide bonds. The second-order valence-corrected chi connectivity index (χ2v) is 10.5. The molecule has 0 aliphatic heterocycles. The van der Waals surface area contributed by atoms with Crippen molar-refractivity contribution >= 4 is 59.3 Å². The van der Waals surface area contributed by atoms with Gasteiger partial charge in [-0.2, -0.15) is 0 Å². The highest BCUT2D eigenvalue weighted by Crippen LogP contribution is 2.16. The van der Waals surface area contributed by atoms with E-state index in [1.165, 1.54) is 24.3 Å². The molecule has 0 bridgehead atoms. The summed E-state index contributed by atoms with van der Waals surface area (Å²) in [7, 11) is 0. The standard InChI is InChI=1S/C30H40N8O8.ClH/c1-3-18(2)25(37-26(41)19-8-5-4-6-9-19)29(44)36-23(15-16-24(39)40)28(43)35-22(10-7-17-33-30(31)32)27(42)34-20-11-13-21(14-12-20)38(45)46;/h4-6,8-9,11-14,18,22-23,25H,3,7,10,15-17H2,1-2H3,(H,34,42)(H,35,43)(H,36,44)(H,37,41)(H,39,40)(H4,31,32,33);1H/t18-,22-,23-,25-;/m0./s1. The Morgan fingerprint density at radius 3 is 2.06 bits per heavy atom. The van der Waals surface area contributed by atoms with Crippen LogP contribution in [0.2, 0.25) is 0 Å². The highest BCUT2D eigenvalue weighted by Gasteiger charge is 2.32. The molecule has 2 aromatic rings. The van der Waals surface area contributed by atoms with Crippen LogP contribution in [0.15, 0.2) is 54.6 Å². The summed E-state index contributed by atoms with van der Waals surface area (Å²) in [6.07, 6.45) is 0.0254. The van der Waals surface area contributed by atoms with Gasteiger partial charge in [-0.3, -0.25) is 39.5 Å². The number of nitrogens with two attached hydrogens (primary N) is 1. The van der Waals surface area contributed by atoms with Crippen LogP contribution in [0.3, 0.4) is 0 Å². The van der Waals surface area contributed by atoms with Crippen LogP contribution >= 0.6 is 12.4 Å². The number of hydrogen-bond acceptors (Lipinski definition) is 8. The third-order valence-corrected chi connectivity index (χ3v) is 7.06.